The number of nitrogens with one attached hydrogen (secondary N) is 2. The third-order valence-corrected chi connectivity index (χ3v) is 7.12. The van der Waals surface area contributed by atoms with Gasteiger partial charge >= 0.3 is 0 Å². The maximum atomic E-state index is 12.6. The Morgan fingerprint density at radius 2 is 1.73 bits per heavy atom. The lowest BCUT2D eigenvalue weighted by Gasteiger charge is -2.13. The number of halogens is 1. The average molecular weight is 417 g/mol. The molecule has 0 saturated heterocycles. The normalized spacial score (nSPS) is 15.0. The van der Waals surface area contributed by atoms with Crippen molar-refractivity contribution in [1.82, 2.24) is 4.72 Å². The SMILES string of the molecule is Cc1ccc(Cl)cc1S(=O)(=O)Nc1cc(S(=O)(=O)NC2CC2)ccc1O. The molecule has 10 heteroatoms. The molecule has 2 aromatic carbocycles. The summed E-state index contributed by atoms with van der Waals surface area (Å²) in [4.78, 5) is -0.198. The van der Waals surface area contributed by atoms with Crippen LogP contribution in [-0.4, -0.2) is 28.0 Å². The lowest BCUT2D eigenvalue weighted by molar-refractivity contribution is 0.477. The molecular weight excluding hydrogens is 400 g/mol. The Hall–Kier alpha value is -1.81. The number of benzene rings is 2. The number of hydrogen-bond acceptors (Lipinski definition) is 5. The number of hydrogen-bond donors (Lipinski definition) is 3. The van der Waals surface area contributed by atoms with Crippen molar-refractivity contribution < 1.29 is 21.9 Å². The molecule has 1 aliphatic rings. The van der Waals surface area contributed by atoms with Crippen molar-refractivity contribution in [2.24, 2.45) is 0 Å². The summed E-state index contributed by atoms with van der Waals surface area (Å²) in [6.07, 6.45) is 1.54. The van der Waals surface area contributed by atoms with Gasteiger partial charge in [0.2, 0.25) is 10.0 Å². The van der Waals surface area contributed by atoms with E-state index in [1.807, 2.05) is 0 Å². The quantitative estimate of drug-likeness (QED) is 0.626. The number of phenolic OH excluding ortho intramolecular Hbond substituents is 1. The summed E-state index contributed by atoms with van der Waals surface area (Å²) < 4.78 is 54.6. The molecule has 2 aromatic rings. The molecule has 1 fully saturated rings. The van der Waals surface area contributed by atoms with E-state index in [9.17, 15) is 21.9 Å². The van der Waals surface area contributed by atoms with Crippen molar-refractivity contribution in [3.63, 3.8) is 0 Å². The zero-order chi connectivity index (χ0) is 19.1. The number of aryl methyl sites for hydroxylation is 1. The second kappa shape index (κ2) is 6.73. The third-order valence-electron chi connectivity index (χ3n) is 3.86. The summed E-state index contributed by atoms with van der Waals surface area (Å²) in [5.74, 6) is -0.390. The number of phenols is 1. The first-order valence-electron chi connectivity index (χ1n) is 7.73. The molecule has 1 aliphatic carbocycles. The van der Waals surface area contributed by atoms with E-state index in [0.29, 0.717) is 5.56 Å². The van der Waals surface area contributed by atoms with Crippen LogP contribution in [0.25, 0.3) is 0 Å². The number of aromatic hydroxyl groups is 1. The molecule has 0 atom stereocenters. The van der Waals surface area contributed by atoms with Gasteiger partial charge in [0.05, 0.1) is 15.5 Å². The standard InChI is InChI=1S/C16H17ClN2O5S2/c1-10-2-3-11(17)8-16(10)26(23,24)19-14-9-13(6-7-15(14)20)25(21,22)18-12-4-5-12/h2-3,6-9,12,18-20H,4-5H2,1H3. The van der Waals surface area contributed by atoms with Gasteiger partial charge in [-0.15, -0.1) is 0 Å². The smallest absolute Gasteiger partial charge is 0.262 e. The van der Waals surface area contributed by atoms with Crippen LogP contribution >= 0.6 is 11.6 Å². The van der Waals surface area contributed by atoms with Crippen molar-refractivity contribution in [3.05, 3.63) is 47.0 Å². The first-order chi connectivity index (χ1) is 12.1. The average Bonchev–Trinajstić information content (AvgIpc) is 3.34. The molecule has 0 aromatic heterocycles. The van der Waals surface area contributed by atoms with Crippen molar-refractivity contribution >= 4 is 37.3 Å². The maximum Gasteiger partial charge on any atom is 0.262 e. The van der Waals surface area contributed by atoms with Crippen LogP contribution in [0.4, 0.5) is 5.69 Å². The van der Waals surface area contributed by atoms with E-state index >= 15 is 0 Å². The molecule has 0 unspecified atom stereocenters. The van der Waals surface area contributed by atoms with Gasteiger partial charge in [-0.1, -0.05) is 17.7 Å². The predicted octanol–water partition coefficient (Wildman–Crippen LogP) is 2.60. The Kier molecular flexibility index (Phi) is 4.91. The minimum absolute atomic E-state index is 0.0613. The van der Waals surface area contributed by atoms with Crippen LogP contribution in [0.2, 0.25) is 5.02 Å². The summed E-state index contributed by atoms with van der Waals surface area (Å²) in [5, 5.41) is 10.2. The van der Waals surface area contributed by atoms with Crippen molar-refractivity contribution in [2.75, 3.05) is 4.72 Å². The minimum Gasteiger partial charge on any atom is -0.506 e. The molecule has 26 heavy (non-hydrogen) atoms. The van der Waals surface area contributed by atoms with Gasteiger partial charge in [0.15, 0.2) is 0 Å². The second-order valence-electron chi connectivity index (χ2n) is 6.09. The number of anilines is 1. The highest BCUT2D eigenvalue weighted by Gasteiger charge is 2.29. The van der Waals surface area contributed by atoms with Gasteiger partial charge in [0, 0.05) is 11.1 Å². The summed E-state index contributed by atoms with van der Waals surface area (Å²) in [5.41, 5.74) is 0.226. The molecule has 0 radical (unpaired) electrons. The predicted molar refractivity (Wildman–Crippen MR) is 98.4 cm³/mol. The van der Waals surface area contributed by atoms with Crippen LogP contribution in [0.1, 0.15) is 18.4 Å². The van der Waals surface area contributed by atoms with Crippen LogP contribution in [0.3, 0.4) is 0 Å². The van der Waals surface area contributed by atoms with Crippen molar-refractivity contribution in [1.29, 1.82) is 0 Å². The molecule has 0 heterocycles. The summed E-state index contributed by atoms with van der Waals surface area (Å²) >= 11 is 5.87. The van der Waals surface area contributed by atoms with E-state index in [1.165, 1.54) is 12.1 Å². The lowest BCUT2D eigenvalue weighted by Crippen LogP contribution is -2.25. The Labute approximate surface area is 157 Å². The molecule has 0 amide bonds. The minimum atomic E-state index is -4.07. The van der Waals surface area contributed by atoms with Gasteiger partial charge in [0.1, 0.15) is 5.75 Å². The van der Waals surface area contributed by atoms with E-state index in [2.05, 4.69) is 9.44 Å². The van der Waals surface area contributed by atoms with Gasteiger partial charge in [-0.2, -0.15) is 0 Å². The fourth-order valence-corrected chi connectivity index (χ4v) is 5.22. The van der Waals surface area contributed by atoms with Crippen molar-refractivity contribution in [3.8, 4) is 5.75 Å². The van der Waals surface area contributed by atoms with Crippen LogP contribution in [-0.2, 0) is 20.0 Å². The maximum absolute atomic E-state index is 12.6. The summed E-state index contributed by atoms with van der Waals surface area (Å²) in [6, 6.07) is 7.72. The molecule has 7 nitrogen and oxygen atoms in total. The first kappa shape index (κ1) is 19.0. The zero-order valence-corrected chi connectivity index (χ0v) is 16.1. The monoisotopic (exact) mass is 416 g/mol. The van der Waals surface area contributed by atoms with Gasteiger partial charge in [-0.05, 0) is 55.7 Å². The third kappa shape index (κ3) is 4.12. The summed E-state index contributed by atoms with van der Waals surface area (Å²) in [7, 11) is -7.86. The fraction of sp³-hybridized carbons (Fsp3) is 0.250. The Balaban J connectivity index is 1.96. The highest BCUT2D eigenvalue weighted by atomic mass is 35.5. The number of sulfonamides is 2. The van der Waals surface area contributed by atoms with Gasteiger partial charge in [-0.25, -0.2) is 21.6 Å². The van der Waals surface area contributed by atoms with E-state index in [4.69, 9.17) is 11.6 Å². The van der Waals surface area contributed by atoms with Gasteiger partial charge in [-0.3, -0.25) is 4.72 Å². The Morgan fingerprint density at radius 3 is 2.38 bits per heavy atom. The van der Waals surface area contributed by atoms with Crippen LogP contribution in [0.15, 0.2) is 46.2 Å². The molecule has 1 saturated carbocycles. The van der Waals surface area contributed by atoms with Crippen LogP contribution in [0.5, 0.6) is 5.75 Å². The van der Waals surface area contributed by atoms with Gasteiger partial charge in [0.25, 0.3) is 10.0 Å². The van der Waals surface area contributed by atoms with Gasteiger partial charge < -0.3 is 5.11 Å². The molecule has 140 valence electrons. The molecule has 3 rings (SSSR count). The molecular formula is C16H17ClN2O5S2. The first-order valence-corrected chi connectivity index (χ1v) is 11.1. The fourth-order valence-electron chi connectivity index (χ4n) is 2.32. The molecule has 0 aliphatic heterocycles. The van der Waals surface area contributed by atoms with Crippen molar-refractivity contribution in [2.45, 2.75) is 35.6 Å². The Bertz CT molecular complexity index is 1060. The molecule has 0 bridgehead atoms. The van der Waals surface area contributed by atoms with Crippen LogP contribution < -0.4 is 9.44 Å². The zero-order valence-electron chi connectivity index (χ0n) is 13.7. The lowest BCUT2D eigenvalue weighted by atomic mass is 10.2. The second-order valence-corrected chi connectivity index (χ2v) is 9.89. The molecule has 3 N–H and O–H groups in total. The molecule has 0 spiro atoms. The van der Waals surface area contributed by atoms with E-state index in [-0.39, 0.29) is 26.5 Å². The van der Waals surface area contributed by atoms with E-state index in [1.54, 1.807) is 19.1 Å². The highest BCUT2D eigenvalue weighted by Crippen LogP contribution is 2.31. The Morgan fingerprint density at radius 1 is 1.04 bits per heavy atom. The van der Waals surface area contributed by atoms with Crippen LogP contribution in [0, 0.1) is 6.92 Å². The number of rotatable bonds is 6. The van der Waals surface area contributed by atoms with E-state index in [0.717, 1.165) is 25.0 Å². The largest absolute Gasteiger partial charge is 0.506 e. The topological polar surface area (TPSA) is 113 Å². The van der Waals surface area contributed by atoms with E-state index < -0.39 is 25.8 Å². The highest BCUT2D eigenvalue weighted by molar-refractivity contribution is 7.92. The summed E-state index contributed by atoms with van der Waals surface area (Å²) in [6.45, 7) is 1.60.